The number of thiocarbonyl (C=S) groups is 1. The number of amides is 1. The zero-order chi connectivity index (χ0) is 21.1. The fraction of sp³-hybridized carbons (Fsp3) is 0.333. The topological polar surface area (TPSA) is 68.8 Å². The minimum absolute atomic E-state index is 0.198. The van der Waals surface area contributed by atoms with Gasteiger partial charge in [0.25, 0.3) is 5.91 Å². The lowest BCUT2D eigenvalue weighted by molar-refractivity contribution is 0.0977. The van der Waals surface area contributed by atoms with Crippen molar-refractivity contribution >= 4 is 44.9 Å². The number of rotatable bonds is 10. The van der Waals surface area contributed by atoms with Crippen molar-refractivity contribution in [1.82, 2.24) is 5.32 Å². The van der Waals surface area contributed by atoms with Crippen LogP contribution in [0.4, 0.5) is 5.69 Å². The maximum Gasteiger partial charge on any atom is 0.257 e. The van der Waals surface area contributed by atoms with E-state index >= 15 is 0 Å². The number of hydrogen-bond acceptors (Lipinski definition) is 5. The molecule has 8 heteroatoms. The molecule has 29 heavy (non-hydrogen) atoms. The Labute approximate surface area is 185 Å². The van der Waals surface area contributed by atoms with Gasteiger partial charge in [-0.05, 0) is 64.9 Å². The molecule has 0 aliphatic carbocycles. The zero-order valence-corrected chi connectivity index (χ0v) is 18.9. The second-order valence-electron chi connectivity index (χ2n) is 6.12. The first-order valence-electron chi connectivity index (χ1n) is 9.30. The first kappa shape index (κ1) is 23.1. The quantitative estimate of drug-likeness (QED) is 0.376. The lowest BCUT2D eigenvalue weighted by Gasteiger charge is -2.12. The van der Waals surface area contributed by atoms with E-state index < -0.39 is 0 Å². The number of halogens is 1. The Morgan fingerprint density at radius 1 is 1.10 bits per heavy atom. The molecule has 2 aromatic carbocycles. The van der Waals surface area contributed by atoms with Gasteiger partial charge in [-0.1, -0.05) is 19.4 Å². The molecule has 0 aliphatic heterocycles. The van der Waals surface area contributed by atoms with Crippen LogP contribution in [0.1, 0.15) is 30.1 Å². The van der Waals surface area contributed by atoms with E-state index in [1.54, 1.807) is 31.4 Å². The van der Waals surface area contributed by atoms with Crippen LogP contribution in [-0.4, -0.2) is 38.0 Å². The molecule has 0 radical (unpaired) electrons. The molecule has 2 N–H and O–H groups in total. The summed E-state index contributed by atoms with van der Waals surface area (Å²) in [6.07, 6.45) is 2.04. The third-order valence-corrected chi connectivity index (χ3v) is 4.65. The van der Waals surface area contributed by atoms with Gasteiger partial charge in [0.1, 0.15) is 18.1 Å². The molecular formula is C21H25BrN2O4S. The van der Waals surface area contributed by atoms with Gasteiger partial charge in [0.15, 0.2) is 5.11 Å². The van der Waals surface area contributed by atoms with Gasteiger partial charge in [-0.2, -0.15) is 0 Å². The van der Waals surface area contributed by atoms with Gasteiger partial charge in [-0.3, -0.25) is 10.1 Å². The molecular weight excluding hydrogens is 456 g/mol. The summed E-state index contributed by atoms with van der Waals surface area (Å²) in [5.41, 5.74) is 1.19. The van der Waals surface area contributed by atoms with Crippen molar-refractivity contribution < 1.29 is 19.0 Å². The van der Waals surface area contributed by atoms with Gasteiger partial charge >= 0.3 is 0 Å². The first-order chi connectivity index (χ1) is 14.0. The van der Waals surface area contributed by atoms with Crippen molar-refractivity contribution in [2.45, 2.75) is 19.8 Å². The molecule has 0 saturated carbocycles. The lowest BCUT2D eigenvalue weighted by Crippen LogP contribution is -2.34. The molecule has 0 atom stereocenters. The minimum atomic E-state index is -0.309. The summed E-state index contributed by atoms with van der Waals surface area (Å²) in [6, 6.07) is 12.5. The van der Waals surface area contributed by atoms with Crippen LogP contribution >= 0.6 is 28.1 Å². The molecule has 2 aromatic rings. The fourth-order valence-electron chi connectivity index (χ4n) is 2.33. The van der Waals surface area contributed by atoms with E-state index in [4.69, 9.17) is 26.4 Å². The van der Waals surface area contributed by atoms with Crippen molar-refractivity contribution in [1.29, 1.82) is 0 Å². The second kappa shape index (κ2) is 12.4. The number of carbonyl (C=O) groups is 1. The highest BCUT2D eigenvalue weighted by Gasteiger charge is 2.11. The van der Waals surface area contributed by atoms with Crippen molar-refractivity contribution in [3.63, 3.8) is 0 Å². The summed E-state index contributed by atoms with van der Waals surface area (Å²) in [7, 11) is 1.62. The molecule has 0 aliphatic rings. The highest BCUT2D eigenvalue weighted by molar-refractivity contribution is 9.10. The van der Waals surface area contributed by atoms with Crippen LogP contribution in [0.15, 0.2) is 46.9 Å². The SMILES string of the molecule is CCCCOc1ccc(C(=O)NC(=S)Nc2cccc(OCCOC)c2)cc1Br. The number of hydrogen-bond donors (Lipinski definition) is 2. The normalized spacial score (nSPS) is 10.3. The number of anilines is 1. The average Bonchev–Trinajstić information content (AvgIpc) is 2.69. The van der Waals surface area contributed by atoms with Crippen molar-refractivity contribution in [3.05, 3.63) is 52.5 Å². The second-order valence-corrected chi connectivity index (χ2v) is 7.39. The summed E-state index contributed by atoms with van der Waals surface area (Å²) < 4.78 is 16.9. The van der Waals surface area contributed by atoms with E-state index in [-0.39, 0.29) is 11.0 Å². The Balaban J connectivity index is 1.91. The van der Waals surface area contributed by atoms with Gasteiger partial charge < -0.3 is 19.5 Å². The smallest absolute Gasteiger partial charge is 0.257 e. The maximum absolute atomic E-state index is 12.5. The summed E-state index contributed by atoms with van der Waals surface area (Å²) in [6.45, 7) is 3.70. The van der Waals surface area contributed by atoms with E-state index in [1.165, 1.54) is 0 Å². The Morgan fingerprint density at radius 3 is 2.66 bits per heavy atom. The van der Waals surface area contributed by atoms with E-state index in [9.17, 15) is 4.79 Å². The first-order valence-corrected chi connectivity index (χ1v) is 10.5. The standard InChI is InChI=1S/C21H25BrN2O4S/c1-3-4-10-28-19-9-8-15(13-18(19)22)20(25)24-21(29)23-16-6-5-7-17(14-16)27-12-11-26-2/h5-9,13-14H,3-4,10-12H2,1-2H3,(H2,23,24,25,29). The van der Waals surface area contributed by atoms with E-state index in [2.05, 4.69) is 33.5 Å². The van der Waals surface area contributed by atoms with Gasteiger partial charge in [-0.15, -0.1) is 0 Å². The number of methoxy groups -OCH3 is 1. The molecule has 0 heterocycles. The Kier molecular flexibility index (Phi) is 9.90. The van der Waals surface area contributed by atoms with Gasteiger partial charge in [-0.25, -0.2) is 0 Å². The number of ether oxygens (including phenoxy) is 3. The Morgan fingerprint density at radius 2 is 1.93 bits per heavy atom. The predicted octanol–water partition coefficient (Wildman–Crippen LogP) is 4.78. The largest absolute Gasteiger partial charge is 0.492 e. The summed E-state index contributed by atoms with van der Waals surface area (Å²) in [5.74, 6) is 1.08. The van der Waals surface area contributed by atoms with Crippen LogP contribution in [0.2, 0.25) is 0 Å². The summed E-state index contributed by atoms with van der Waals surface area (Å²) in [5, 5.41) is 5.86. The highest BCUT2D eigenvalue weighted by atomic mass is 79.9. The lowest BCUT2D eigenvalue weighted by atomic mass is 10.2. The van der Waals surface area contributed by atoms with Crippen LogP contribution in [0, 0.1) is 0 Å². The van der Waals surface area contributed by atoms with Crippen LogP contribution in [-0.2, 0) is 4.74 Å². The predicted molar refractivity (Wildman–Crippen MR) is 122 cm³/mol. The third-order valence-electron chi connectivity index (χ3n) is 3.82. The summed E-state index contributed by atoms with van der Waals surface area (Å²) >= 11 is 8.70. The molecule has 6 nitrogen and oxygen atoms in total. The van der Waals surface area contributed by atoms with Crippen LogP contribution in [0.3, 0.4) is 0 Å². The minimum Gasteiger partial charge on any atom is -0.492 e. The maximum atomic E-state index is 12.5. The highest BCUT2D eigenvalue weighted by Crippen LogP contribution is 2.26. The van der Waals surface area contributed by atoms with Crippen molar-refractivity contribution in [2.24, 2.45) is 0 Å². The molecule has 2 rings (SSSR count). The monoisotopic (exact) mass is 480 g/mol. The van der Waals surface area contributed by atoms with Gasteiger partial charge in [0.2, 0.25) is 0 Å². The number of nitrogens with one attached hydrogen (secondary N) is 2. The Bertz CT molecular complexity index is 832. The van der Waals surface area contributed by atoms with E-state index in [0.29, 0.717) is 42.6 Å². The molecule has 0 spiro atoms. The zero-order valence-electron chi connectivity index (χ0n) is 16.5. The Hall–Kier alpha value is -2.16. The molecule has 1 amide bonds. The molecule has 0 fully saturated rings. The fourth-order valence-corrected chi connectivity index (χ4v) is 3.03. The van der Waals surface area contributed by atoms with Crippen LogP contribution in [0.25, 0.3) is 0 Å². The number of carbonyl (C=O) groups excluding carboxylic acids is 1. The van der Waals surface area contributed by atoms with Gasteiger partial charge in [0, 0.05) is 24.4 Å². The number of benzene rings is 2. The van der Waals surface area contributed by atoms with Crippen LogP contribution < -0.4 is 20.1 Å². The van der Waals surface area contributed by atoms with E-state index in [1.807, 2.05) is 18.2 Å². The van der Waals surface area contributed by atoms with Gasteiger partial charge in [0.05, 0.1) is 17.7 Å². The van der Waals surface area contributed by atoms with Crippen molar-refractivity contribution in [3.8, 4) is 11.5 Å². The molecule has 0 saturated heterocycles. The molecule has 156 valence electrons. The number of unbranched alkanes of at least 4 members (excludes halogenated alkanes) is 1. The third kappa shape index (κ3) is 8.00. The average molecular weight is 481 g/mol. The van der Waals surface area contributed by atoms with Crippen molar-refractivity contribution in [2.75, 3.05) is 32.2 Å². The van der Waals surface area contributed by atoms with Crippen LogP contribution in [0.5, 0.6) is 11.5 Å². The van der Waals surface area contributed by atoms with E-state index in [0.717, 1.165) is 17.3 Å². The molecule has 0 bridgehead atoms. The molecule has 0 unspecified atom stereocenters. The molecule has 0 aromatic heterocycles. The summed E-state index contributed by atoms with van der Waals surface area (Å²) in [4.78, 5) is 12.5.